The van der Waals surface area contributed by atoms with Crippen molar-refractivity contribution in [2.75, 3.05) is 16.8 Å². The van der Waals surface area contributed by atoms with E-state index >= 15 is 0 Å². The number of anilines is 2. The van der Waals surface area contributed by atoms with E-state index in [1.807, 2.05) is 12.2 Å². The van der Waals surface area contributed by atoms with Crippen molar-refractivity contribution in [1.29, 1.82) is 0 Å². The molecule has 1 aromatic heterocycles. The number of ether oxygens (including phenoxy) is 1. The zero-order valence-electron chi connectivity index (χ0n) is 16.3. The maximum absolute atomic E-state index is 13.3. The topological polar surface area (TPSA) is 101 Å². The van der Waals surface area contributed by atoms with E-state index in [0.29, 0.717) is 23.7 Å². The molecule has 1 aromatic carbocycles. The minimum absolute atomic E-state index is 0.132. The molecule has 2 N–H and O–H groups in total. The normalized spacial score (nSPS) is 28.6. The third-order valence-electron chi connectivity index (χ3n) is 5.92. The van der Waals surface area contributed by atoms with E-state index in [9.17, 15) is 14.4 Å². The van der Waals surface area contributed by atoms with Crippen LogP contribution >= 0.6 is 0 Å². The molecule has 0 saturated carbocycles. The Morgan fingerprint density at radius 2 is 2.03 bits per heavy atom. The fourth-order valence-corrected chi connectivity index (χ4v) is 4.65. The second-order valence-corrected chi connectivity index (χ2v) is 7.85. The summed E-state index contributed by atoms with van der Waals surface area (Å²) in [5, 5.41) is 5.57. The molecule has 8 heteroatoms. The van der Waals surface area contributed by atoms with Gasteiger partial charge in [0.2, 0.25) is 17.7 Å². The highest BCUT2D eigenvalue weighted by molar-refractivity contribution is 6.03. The summed E-state index contributed by atoms with van der Waals surface area (Å²) in [6.07, 6.45) is 4.95. The highest BCUT2D eigenvalue weighted by atomic mass is 16.5. The number of amides is 3. The first kappa shape index (κ1) is 18.6. The number of furan rings is 1. The van der Waals surface area contributed by atoms with Crippen LogP contribution < -0.4 is 15.5 Å². The zero-order chi connectivity index (χ0) is 20.9. The number of nitrogens with one attached hydrogen (secondary N) is 2. The van der Waals surface area contributed by atoms with Gasteiger partial charge in [-0.15, -0.1) is 0 Å². The number of hydrogen-bond acceptors (Lipinski definition) is 5. The average molecular weight is 407 g/mol. The standard InChI is InChI=1S/C22H21N3O5/c1-13(26)24-14-4-6-15(7-5-14)25-12-22-9-8-17(30-22)18(19(22)21(25)28)20(27)23-11-16-3-2-10-29-16/h2-10,17-19H,11-12H2,1H3,(H,23,27)(H,24,26)/t17-,18-,19+,22-/m1/s1. The minimum atomic E-state index is -0.787. The molecule has 0 radical (unpaired) electrons. The van der Waals surface area contributed by atoms with Crippen LogP contribution in [0.1, 0.15) is 12.7 Å². The van der Waals surface area contributed by atoms with Crippen molar-refractivity contribution in [3.63, 3.8) is 0 Å². The van der Waals surface area contributed by atoms with E-state index in [4.69, 9.17) is 9.15 Å². The van der Waals surface area contributed by atoms with E-state index in [1.165, 1.54) is 6.92 Å². The third-order valence-corrected chi connectivity index (χ3v) is 5.92. The molecule has 0 unspecified atom stereocenters. The van der Waals surface area contributed by atoms with Crippen molar-refractivity contribution >= 4 is 29.1 Å². The second-order valence-electron chi connectivity index (χ2n) is 7.85. The Hall–Kier alpha value is -3.39. The second kappa shape index (κ2) is 6.84. The van der Waals surface area contributed by atoms with Gasteiger partial charge in [0, 0.05) is 18.3 Å². The summed E-state index contributed by atoms with van der Waals surface area (Å²) in [4.78, 5) is 39.1. The highest BCUT2D eigenvalue weighted by Crippen LogP contribution is 2.52. The molecule has 30 heavy (non-hydrogen) atoms. The van der Waals surface area contributed by atoms with Gasteiger partial charge in [-0.3, -0.25) is 14.4 Å². The van der Waals surface area contributed by atoms with E-state index in [-0.39, 0.29) is 24.3 Å². The lowest BCUT2D eigenvalue weighted by Crippen LogP contribution is -2.43. The Kier molecular flexibility index (Phi) is 4.25. The Morgan fingerprint density at radius 1 is 1.23 bits per heavy atom. The fraction of sp³-hybridized carbons (Fsp3) is 0.318. The molecule has 8 nitrogen and oxygen atoms in total. The van der Waals surface area contributed by atoms with Crippen LogP contribution in [0.5, 0.6) is 0 Å². The van der Waals surface area contributed by atoms with Gasteiger partial charge in [0.25, 0.3) is 0 Å². The molecule has 2 saturated heterocycles. The Bertz CT molecular complexity index is 1030. The maximum atomic E-state index is 13.3. The molecular formula is C22H21N3O5. The Labute approximate surface area is 172 Å². The van der Waals surface area contributed by atoms with E-state index in [1.54, 1.807) is 47.6 Å². The van der Waals surface area contributed by atoms with Crippen molar-refractivity contribution in [1.82, 2.24) is 5.32 Å². The van der Waals surface area contributed by atoms with E-state index < -0.39 is 23.5 Å². The molecule has 3 aliphatic rings. The molecule has 4 heterocycles. The summed E-state index contributed by atoms with van der Waals surface area (Å²) >= 11 is 0. The highest BCUT2D eigenvalue weighted by Gasteiger charge is 2.67. The van der Waals surface area contributed by atoms with Crippen LogP contribution in [0.25, 0.3) is 0 Å². The lowest BCUT2D eigenvalue weighted by atomic mass is 9.77. The molecule has 4 atom stereocenters. The molecule has 1 spiro atoms. The fourth-order valence-electron chi connectivity index (χ4n) is 4.65. The zero-order valence-corrected chi connectivity index (χ0v) is 16.3. The van der Waals surface area contributed by atoms with Gasteiger partial charge in [-0.2, -0.15) is 0 Å². The smallest absolute Gasteiger partial charge is 0.234 e. The Morgan fingerprint density at radius 3 is 2.73 bits per heavy atom. The molecule has 0 aliphatic carbocycles. The van der Waals surface area contributed by atoms with Gasteiger partial charge in [-0.05, 0) is 36.4 Å². The quantitative estimate of drug-likeness (QED) is 0.737. The number of fused-ring (bicyclic) bond motifs is 1. The van der Waals surface area contributed by atoms with Gasteiger partial charge in [0.15, 0.2) is 0 Å². The van der Waals surface area contributed by atoms with Crippen LogP contribution in [0, 0.1) is 11.8 Å². The van der Waals surface area contributed by atoms with Crippen molar-refractivity contribution in [3.8, 4) is 0 Å². The lowest BCUT2D eigenvalue weighted by molar-refractivity contribution is -0.132. The van der Waals surface area contributed by atoms with Crippen molar-refractivity contribution in [2.24, 2.45) is 11.8 Å². The first-order chi connectivity index (χ1) is 14.5. The van der Waals surface area contributed by atoms with Crippen LogP contribution in [-0.2, 0) is 25.7 Å². The van der Waals surface area contributed by atoms with Crippen LogP contribution in [-0.4, -0.2) is 36.0 Å². The summed E-state index contributed by atoms with van der Waals surface area (Å²) in [7, 11) is 0. The molecule has 2 aromatic rings. The molecule has 3 amide bonds. The van der Waals surface area contributed by atoms with Gasteiger partial charge in [0.1, 0.15) is 11.4 Å². The molecule has 3 aliphatic heterocycles. The number of carbonyl (C=O) groups excluding carboxylic acids is 3. The van der Waals surface area contributed by atoms with Gasteiger partial charge in [0.05, 0.1) is 37.3 Å². The van der Waals surface area contributed by atoms with Gasteiger partial charge in [-0.25, -0.2) is 0 Å². The monoisotopic (exact) mass is 407 g/mol. The summed E-state index contributed by atoms with van der Waals surface area (Å²) in [5.74, 6) is -1.01. The largest absolute Gasteiger partial charge is 0.467 e. The Balaban J connectivity index is 1.35. The van der Waals surface area contributed by atoms with Crippen LogP contribution in [0.15, 0.2) is 59.2 Å². The number of rotatable bonds is 5. The van der Waals surface area contributed by atoms with Crippen molar-refractivity contribution in [2.45, 2.75) is 25.2 Å². The number of carbonyl (C=O) groups is 3. The molecular weight excluding hydrogens is 386 g/mol. The minimum Gasteiger partial charge on any atom is -0.467 e. The van der Waals surface area contributed by atoms with Crippen molar-refractivity contribution < 1.29 is 23.5 Å². The summed E-state index contributed by atoms with van der Waals surface area (Å²) < 4.78 is 11.4. The van der Waals surface area contributed by atoms with Gasteiger partial charge in [-0.1, -0.05) is 12.2 Å². The number of benzene rings is 1. The van der Waals surface area contributed by atoms with Crippen LogP contribution in [0.4, 0.5) is 11.4 Å². The van der Waals surface area contributed by atoms with E-state index in [0.717, 1.165) is 0 Å². The van der Waals surface area contributed by atoms with E-state index in [2.05, 4.69) is 10.6 Å². The molecule has 154 valence electrons. The van der Waals surface area contributed by atoms with Crippen LogP contribution in [0.3, 0.4) is 0 Å². The number of hydrogen-bond donors (Lipinski definition) is 2. The lowest BCUT2D eigenvalue weighted by Gasteiger charge is -2.23. The predicted molar refractivity (Wildman–Crippen MR) is 107 cm³/mol. The first-order valence-electron chi connectivity index (χ1n) is 9.83. The van der Waals surface area contributed by atoms with Gasteiger partial charge >= 0.3 is 0 Å². The SMILES string of the molecule is CC(=O)Nc1ccc(N2C[C@@]34C=C[C@@H](O3)[C@@H](C(=O)NCc3ccco3)[C@H]4C2=O)cc1. The summed E-state index contributed by atoms with van der Waals surface area (Å²) in [6.45, 7) is 2.06. The number of nitrogens with zero attached hydrogens (tertiary/aromatic N) is 1. The maximum Gasteiger partial charge on any atom is 0.234 e. The van der Waals surface area contributed by atoms with Gasteiger partial charge < -0.3 is 24.7 Å². The molecule has 2 bridgehead atoms. The molecule has 2 fully saturated rings. The average Bonchev–Trinajstić information content (AvgIpc) is 3.48. The predicted octanol–water partition coefficient (Wildman–Crippen LogP) is 1.84. The first-order valence-corrected chi connectivity index (χ1v) is 9.83. The molecule has 5 rings (SSSR count). The van der Waals surface area contributed by atoms with Crippen LogP contribution in [0.2, 0.25) is 0 Å². The van der Waals surface area contributed by atoms with Crippen molar-refractivity contribution in [3.05, 3.63) is 60.6 Å². The summed E-state index contributed by atoms with van der Waals surface area (Å²) in [5.41, 5.74) is 0.571. The summed E-state index contributed by atoms with van der Waals surface area (Å²) in [6, 6.07) is 10.6. The third kappa shape index (κ3) is 2.91.